The Morgan fingerprint density at radius 3 is 1.88 bits per heavy atom. The van der Waals surface area contributed by atoms with Gasteiger partial charge in [0.1, 0.15) is 11.2 Å². The van der Waals surface area contributed by atoms with Gasteiger partial charge in [-0.2, -0.15) is 0 Å². The van der Waals surface area contributed by atoms with E-state index in [1.807, 2.05) is 12.1 Å². The first-order valence-electron chi connectivity index (χ1n) is 18.9. The van der Waals surface area contributed by atoms with Gasteiger partial charge in [-0.05, 0) is 74.8 Å². The molecule has 5 heteroatoms. The van der Waals surface area contributed by atoms with Crippen LogP contribution in [0.1, 0.15) is 0 Å². The Morgan fingerprint density at radius 1 is 0.375 bits per heavy atom. The number of furan rings is 1. The molecule has 0 aliphatic carbocycles. The van der Waals surface area contributed by atoms with Crippen molar-refractivity contribution in [3.63, 3.8) is 0 Å². The molecule has 3 aromatic heterocycles. The molecule has 0 saturated carbocycles. The average molecular weight is 715 g/mol. The van der Waals surface area contributed by atoms with Crippen molar-refractivity contribution in [3.05, 3.63) is 182 Å². The van der Waals surface area contributed by atoms with E-state index in [0.29, 0.717) is 17.5 Å². The number of nitrogens with zero attached hydrogens (tertiary/aromatic N) is 4. The SMILES string of the molecule is c1ccc2cc(-c3nc(-c4cccc5ccccc45)nc(-c4c(-n5c6ccccc6c6cc7ccccc7cc65)ccc5c4oc4ccccc45)n3)ccc2c1. The van der Waals surface area contributed by atoms with Crippen molar-refractivity contribution in [2.45, 2.75) is 0 Å². The zero-order valence-electron chi connectivity index (χ0n) is 30.0. The zero-order valence-corrected chi connectivity index (χ0v) is 30.0. The molecule has 0 saturated heterocycles. The van der Waals surface area contributed by atoms with Gasteiger partial charge in [0.05, 0.1) is 22.3 Å². The van der Waals surface area contributed by atoms with Crippen LogP contribution in [-0.2, 0) is 0 Å². The minimum absolute atomic E-state index is 0.539. The number of fused-ring (bicyclic) bond motifs is 9. The lowest BCUT2D eigenvalue weighted by Gasteiger charge is -2.16. The summed E-state index contributed by atoms with van der Waals surface area (Å²) >= 11 is 0. The van der Waals surface area contributed by atoms with Crippen LogP contribution >= 0.6 is 0 Å². The summed E-state index contributed by atoms with van der Waals surface area (Å²) in [6.45, 7) is 0. The van der Waals surface area contributed by atoms with Crippen molar-refractivity contribution in [3.8, 4) is 39.9 Å². The highest BCUT2D eigenvalue weighted by Gasteiger charge is 2.25. The molecule has 0 fully saturated rings. The Kier molecular flexibility index (Phi) is 6.56. The third-order valence-corrected chi connectivity index (χ3v) is 11.2. The van der Waals surface area contributed by atoms with Crippen LogP contribution in [0.25, 0.3) is 116 Å². The van der Waals surface area contributed by atoms with E-state index in [2.05, 4.69) is 174 Å². The third kappa shape index (κ3) is 4.64. The minimum atomic E-state index is 0.539. The molecule has 0 atom stereocenters. The molecule has 56 heavy (non-hydrogen) atoms. The molecule has 0 spiro atoms. The fourth-order valence-electron chi connectivity index (χ4n) is 8.58. The first kappa shape index (κ1) is 30.8. The molecule has 0 amide bonds. The highest BCUT2D eigenvalue weighted by Crippen LogP contribution is 2.43. The van der Waals surface area contributed by atoms with Crippen LogP contribution in [0.15, 0.2) is 186 Å². The van der Waals surface area contributed by atoms with E-state index in [9.17, 15) is 0 Å². The highest BCUT2D eigenvalue weighted by atomic mass is 16.3. The van der Waals surface area contributed by atoms with E-state index in [1.54, 1.807) is 0 Å². The standard InChI is InChI=1S/C51H30N4O/c1-2-14-33-28-36(25-24-31(33)12-1)49-52-50(41-21-11-17-32-13-5-6-18-37(32)41)54-51(53-49)47-44(27-26-40-39-20-8-10-23-46(39)56-48(40)47)55-43-22-9-7-19-38(43)42-29-34-15-3-4-16-35(34)30-45(42)55/h1-30H. The molecule has 260 valence electrons. The van der Waals surface area contributed by atoms with Crippen molar-refractivity contribution < 1.29 is 4.42 Å². The zero-order chi connectivity index (χ0) is 36.7. The molecule has 0 aliphatic heterocycles. The summed E-state index contributed by atoms with van der Waals surface area (Å²) in [6, 6.07) is 63.9. The highest BCUT2D eigenvalue weighted by molar-refractivity contribution is 6.16. The van der Waals surface area contributed by atoms with Gasteiger partial charge in [0.15, 0.2) is 17.5 Å². The van der Waals surface area contributed by atoms with Crippen LogP contribution in [0.4, 0.5) is 0 Å². The van der Waals surface area contributed by atoms with E-state index >= 15 is 0 Å². The van der Waals surface area contributed by atoms with Gasteiger partial charge in [-0.1, -0.05) is 140 Å². The van der Waals surface area contributed by atoms with Crippen LogP contribution in [0.3, 0.4) is 0 Å². The Morgan fingerprint density at radius 2 is 1.02 bits per heavy atom. The molecule has 0 aliphatic rings. The summed E-state index contributed by atoms with van der Waals surface area (Å²) in [6.07, 6.45) is 0. The largest absolute Gasteiger partial charge is 0.455 e. The molecule has 0 bridgehead atoms. The fourth-order valence-corrected chi connectivity index (χ4v) is 8.58. The maximum absolute atomic E-state index is 6.88. The summed E-state index contributed by atoms with van der Waals surface area (Å²) in [5.74, 6) is 1.73. The van der Waals surface area contributed by atoms with Gasteiger partial charge < -0.3 is 8.98 Å². The van der Waals surface area contributed by atoms with Gasteiger partial charge in [0, 0.05) is 32.7 Å². The quantitative estimate of drug-likeness (QED) is 0.182. The van der Waals surface area contributed by atoms with Gasteiger partial charge in [-0.15, -0.1) is 0 Å². The smallest absolute Gasteiger partial charge is 0.170 e. The molecule has 12 rings (SSSR count). The Bertz CT molecular complexity index is 3550. The summed E-state index contributed by atoms with van der Waals surface area (Å²) in [5.41, 5.74) is 7.32. The fraction of sp³-hybridized carbons (Fsp3) is 0. The maximum atomic E-state index is 6.88. The summed E-state index contributed by atoms with van der Waals surface area (Å²) in [7, 11) is 0. The van der Waals surface area contributed by atoms with Crippen molar-refractivity contribution in [1.82, 2.24) is 19.5 Å². The predicted octanol–water partition coefficient (Wildman–Crippen LogP) is 13.3. The van der Waals surface area contributed by atoms with Gasteiger partial charge in [0.25, 0.3) is 0 Å². The van der Waals surface area contributed by atoms with Gasteiger partial charge in [-0.3, -0.25) is 0 Å². The van der Waals surface area contributed by atoms with Crippen LogP contribution in [0.5, 0.6) is 0 Å². The second-order valence-corrected chi connectivity index (χ2v) is 14.4. The molecular formula is C51H30N4O. The first-order chi connectivity index (χ1) is 27.7. The normalized spacial score (nSPS) is 11.9. The number of benzene rings is 9. The molecule has 0 radical (unpaired) electrons. The molecule has 9 aromatic carbocycles. The van der Waals surface area contributed by atoms with E-state index in [-0.39, 0.29) is 0 Å². The number of hydrogen-bond acceptors (Lipinski definition) is 4. The Balaban J connectivity index is 1.23. The van der Waals surface area contributed by atoms with Gasteiger partial charge >= 0.3 is 0 Å². The van der Waals surface area contributed by atoms with Crippen LogP contribution in [0, 0.1) is 0 Å². The van der Waals surface area contributed by atoms with Crippen molar-refractivity contribution in [2.75, 3.05) is 0 Å². The number of para-hydroxylation sites is 2. The van der Waals surface area contributed by atoms with E-state index in [1.165, 1.54) is 21.5 Å². The summed E-state index contributed by atoms with van der Waals surface area (Å²) in [5, 5.41) is 11.3. The molecule has 5 nitrogen and oxygen atoms in total. The van der Waals surface area contributed by atoms with E-state index < -0.39 is 0 Å². The first-order valence-corrected chi connectivity index (χ1v) is 18.9. The van der Waals surface area contributed by atoms with Gasteiger partial charge in [0.2, 0.25) is 0 Å². The van der Waals surface area contributed by atoms with Crippen LogP contribution < -0.4 is 0 Å². The van der Waals surface area contributed by atoms with Crippen LogP contribution in [-0.4, -0.2) is 19.5 Å². The number of rotatable bonds is 4. The van der Waals surface area contributed by atoms with Crippen molar-refractivity contribution in [1.29, 1.82) is 0 Å². The number of aromatic nitrogens is 4. The molecule has 3 heterocycles. The second kappa shape index (κ2) is 11.9. The van der Waals surface area contributed by atoms with Crippen molar-refractivity contribution >= 4 is 76.1 Å². The summed E-state index contributed by atoms with van der Waals surface area (Å²) < 4.78 is 9.23. The lowest BCUT2D eigenvalue weighted by molar-refractivity contribution is 0.669. The second-order valence-electron chi connectivity index (χ2n) is 14.4. The van der Waals surface area contributed by atoms with Crippen molar-refractivity contribution in [2.24, 2.45) is 0 Å². The van der Waals surface area contributed by atoms with Gasteiger partial charge in [-0.25, -0.2) is 15.0 Å². The Hall–Kier alpha value is -7.63. The van der Waals surface area contributed by atoms with Crippen LogP contribution in [0.2, 0.25) is 0 Å². The number of hydrogen-bond donors (Lipinski definition) is 0. The molecular weight excluding hydrogens is 685 g/mol. The lowest BCUT2D eigenvalue weighted by Crippen LogP contribution is -2.04. The lowest BCUT2D eigenvalue weighted by atomic mass is 10.0. The molecule has 0 unspecified atom stereocenters. The predicted molar refractivity (Wildman–Crippen MR) is 230 cm³/mol. The molecule has 12 aromatic rings. The maximum Gasteiger partial charge on any atom is 0.170 e. The minimum Gasteiger partial charge on any atom is -0.455 e. The van der Waals surface area contributed by atoms with E-state index in [0.717, 1.165) is 76.9 Å². The van der Waals surface area contributed by atoms with E-state index in [4.69, 9.17) is 19.4 Å². The molecule has 0 N–H and O–H groups in total. The Labute approximate surface area is 320 Å². The monoisotopic (exact) mass is 714 g/mol. The topological polar surface area (TPSA) is 56.7 Å². The summed E-state index contributed by atoms with van der Waals surface area (Å²) in [4.78, 5) is 16.1. The third-order valence-electron chi connectivity index (χ3n) is 11.2. The average Bonchev–Trinajstić information content (AvgIpc) is 3.80.